The van der Waals surface area contributed by atoms with E-state index < -0.39 is 0 Å². The van der Waals surface area contributed by atoms with E-state index in [-0.39, 0.29) is 0 Å². The molecule has 0 atom stereocenters. The minimum absolute atomic E-state index is 0.569. The molecule has 1 aromatic rings. The molecule has 0 aliphatic carbocycles. The van der Waals surface area contributed by atoms with E-state index in [1.165, 1.54) is 56.9 Å². The van der Waals surface area contributed by atoms with Gasteiger partial charge in [0.05, 0.1) is 12.8 Å². The molecule has 120 valence electrons. The SMILES string of the molecule is CCCCCC(CCCCC)Nc1ccc(C)cc1OC. The topological polar surface area (TPSA) is 21.3 Å². The molecule has 0 aliphatic rings. The highest BCUT2D eigenvalue weighted by Crippen LogP contribution is 2.27. The van der Waals surface area contributed by atoms with Gasteiger partial charge in [0.15, 0.2) is 0 Å². The summed E-state index contributed by atoms with van der Waals surface area (Å²) >= 11 is 0. The average molecular weight is 291 g/mol. The summed E-state index contributed by atoms with van der Waals surface area (Å²) in [5.41, 5.74) is 2.38. The maximum Gasteiger partial charge on any atom is 0.142 e. The van der Waals surface area contributed by atoms with Crippen molar-refractivity contribution >= 4 is 5.69 Å². The van der Waals surface area contributed by atoms with Crippen LogP contribution in [-0.4, -0.2) is 13.2 Å². The van der Waals surface area contributed by atoms with Gasteiger partial charge < -0.3 is 10.1 Å². The van der Waals surface area contributed by atoms with Crippen LogP contribution in [-0.2, 0) is 0 Å². The van der Waals surface area contributed by atoms with Crippen molar-refractivity contribution in [2.75, 3.05) is 12.4 Å². The lowest BCUT2D eigenvalue weighted by Gasteiger charge is -2.21. The Morgan fingerprint density at radius 1 is 1.00 bits per heavy atom. The molecule has 0 aromatic heterocycles. The normalized spacial score (nSPS) is 10.9. The van der Waals surface area contributed by atoms with Gasteiger partial charge in [-0.25, -0.2) is 0 Å². The monoisotopic (exact) mass is 291 g/mol. The Morgan fingerprint density at radius 3 is 2.14 bits per heavy atom. The molecule has 1 aromatic carbocycles. The average Bonchev–Trinajstić information content (AvgIpc) is 2.49. The van der Waals surface area contributed by atoms with Crippen LogP contribution in [0.4, 0.5) is 5.69 Å². The lowest BCUT2D eigenvalue weighted by atomic mass is 10.0. The molecular formula is C19H33NO. The number of rotatable bonds is 11. The van der Waals surface area contributed by atoms with E-state index in [1.807, 2.05) is 0 Å². The van der Waals surface area contributed by atoms with Crippen LogP contribution in [0.1, 0.15) is 70.8 Å². The summed E-state index contributed by atoms with van der Waals surface area (Å²) in [6.07, 6.45) is 10.4. The Kier molecular flexibility index (Phi) is 8.96. The van der Waals surface area contributed by atoms with Gasteiger partial charge in [0.2, 0.25) is 0 Å². The van der Waals surface area contributed by atoms with E-state index in [0.717, 1.165) is 11.4 Å². The highest BCUT2D eigenvalue weighted by Gasteiger charge is 2.11. The third-order valence-electron chi connectivity index (χ3n) is 4.03. The summed E-state index contributed by atoms with van der Waals surface area (Å²) in [6.45, 7) is 6.64. The summed E-state index contributed by atoms with van der Waals surface area (Å²) in [5.74, 6) is 0.964. The first-order valence-electron chi connectivity index (χ1n) is 8.62. The molecule has 1 rings (SSSR count). The quantitative estimate of drug-likeness (QED) is 0.509. The van der Waals surface area contributed by atoms with Gasteiger partial charge in [-0.2, -0.15) is 0 Å². The Bertz CT molecular complexity index is 379. The fourth-order valence-corrected chi connectivity index (χ4v) is 2.71. The van der Waals surface area contributed by atoms with Crippen molar-refractivity contribution in [3.8, 4) is 5.75 Å². The number of unbranched alkanes of at least 4 members (excludes halogenated alkanes) is 4. The Balaban J connectivity index is 2.64. The molecule has 0 saturated carbocycles. The van der Waals surface area contributed by atoms with Gasteiger partial charge in [0.1, 0.15) is 5.75 Å². The van der Waals surface area contributed by atoms with Gasteiger partial charge in [-0.1, -0.05) is 58.4 Å². The third kappa shape index (κ3) is 6.88. The van der Waals surface area contributed by atoms with Gasteiger partial charge in [0.25, 0.3) is 0 Å². The molecule has 0 spiro atoms. The summed E-state index contributed by atoms with van der Waals surface area (Å²) < 4.78 is 5.52. The Hall–Kier alpha value is -1.18. The van der Waals surface area contributed by atoms with Crippen LogP contribution in [0, 0.1) is 6.92 Å². The van der Waals surface area contributed by atoms with Crippen LogP contribution in [0.2, 0.25) is 0 Å². The summed E-state index contributed by atoms with van der Waals surface area (Å²) in [4.78, 5) is 0. The lowest BCUT2D eigenvalue weighted by molar-refractivity contribution is 0.414. The molecule has 0 saturated heterocycles. The number of nitrogens with one attached hydrogen (secondary N) is 1. The van der Waals surface area contributed by atoms with E-state index in [0.29, 0.717) is 6.04 Å². The van der Waals surface area contributed by atoms with Crippen molar-refractivity contribution in [2.45, 2.75) is 78.2 Å². The Morgan fingerprint density at radius 2 is 1.62 bits per heavy atom. The zero-order valence-electron chi connectivity index (χ0n) is 14.4. The van der Waals surface area contributed by atoms with Gasteiger partial charge >= 0.3 is 0 Å². The molecular weight excluding hydrogens is 258 g/mol. The van der Waals surface area contributed by atoms with Crippen molar-refractivity contribution in [1.82, 2.24) is 0 Å². The second-order valence-corrected chi connectivity index (χ2v) is 6.04. The van der Waals surface area contributed by atoms with E-state index >= 15 is 0 Å². The zero-order chi connectivity index (χ0) is 15.5. The van der Waals surface area contributed by atoms with Crippen LogP contribution in [0.5, 0.6) is 5.75 Å². The molecule has 2 nitrogen and oxygen atoms in total. The number of benzene rings is 1. The first-order chi connectivity index (χ1) is 10.2. The summed E-state index contributed by atoms with van der Waals surface area (Å²) in [6, 6.07) is 6.98. The molecule has 0 fully saturated rings. The number of aryl methyl sites for hydroxylation is 1. The largest absolute Gasteiger partial charge is 0.495 e. The van der Waals surface area contributed by atoms with Crippen molar-refractivity contribution in [2.24, 2.45) is 0 Å². The van der Waals surface area contributed by atoms with E-state index in [1.54, 1.807) is 7.11 Å². The zero-order valence-corrected chi connectivity index (χ0v) is 14.4. The summed E-state index contributed by atoms with van der Waals surface area (Å²) in [5, 5.41) is 3.72. The maximum atomic E-state index is 5.52. The molecule has 0 aliphatic heterocycles. The van der Waals surface area contributed by atoms with Crippen LogP contribution >= 0.6 is 0 Å². The van der Waals surface area contributed by atoms with Crippen LogP contribution in [0.15, 0.2) is 18.2 Å². The number of methoxy groups -OCH3 is 1. The number of hydrogen-bond donors (Lipinski definition) is 1. The van der Waals surface area contributed by atoms with Crippen molar-refractivity contribution in [3.05, 3.63) is 23.8 Å². The number of ether oxygens (including phenoxy) is 1. The number of hydrogen-bond acceptors (Lipinski definition) is 2. The van der Waals surface area contributed by atoms with Crippen LogP contribution in [0.25, 0.3) is 0 Å². The van der Waals surface area contributed by atoms with E-state index in [4.69, 9.17) is 4.74 Å². The van der Waals surface area contributed by atoms with E-state index in [2.05, 4.69) is 44.3 Å². The molecule has 2 heteroatoms. The standard InChI is InChI=1S/C19H33NO/c1-5-7-9-11-17(12-10-8-6-2)20-18-14-13-16(3)15-19(18)21-4/h13-15,17,20H,5-12H2,1-4H3. The van der Waals surface area contributed by atoms with Crippen LogP contribution in [0.3, 0.4) is 0 Å². The predicted octanol–water partition coefficient (Wildman–Crippen LogP) is 5.94. The van der Waals surface area contributed by atoms with Gasteiger partial charge in [-0.05, 0) is 37.5 Å². The fraction of sp³-hybridized carbons (Fsp3) is 0.684. The highest BCUT2D eigenvalue weighted by molar-refractivity contribution is 5.58. The summed E-state index contributed by atoms with van der Waals surface area (Å²) in [7, 11) is 1.75. The smallest absolute Gasteiger partial charge is 0.142 e. The minimum Gasteiger partial charge on any atom is -0.495 e. The van der Waals surface area contributed by atoms with Crippen molar-refractivity contribution in [3.63, 3.8) is 0 Å². The fourth-order valence-electron chi connectivity index (χ4n) is 2.71. The highest BCUT2D eigenvalue weighted by atomic mass is 16.5. The van der Waals surface area contributed by atoms with Crippen LogP contribution < -0.4 is 10.1 Å². The van der Waals surface area contributed by atoms with Gasteiger partial charge in [-0.15, -0.1) is 0 Å². The van der Waals surface area contributed by atoms with Crippen molar-refractivity contribution < 1.29 is 4.74 Å². The predicted molar refractivity (Wildman–Crippen MR) is 93.4 cm³/mol. The second-order valence-electron chi connectivity index (χ2n) is 6.04. The first-order valence-corrected chi connectivity index (χ1v) is 8.62. The number of anilines is 1. The molecule has 0 heterocycles. The minimum atomic E-state index is 0.569. The Labute approximate surface area is 131 Å². The maximum absolute atomic E-state index is 5.52. The molecule has 0 amide bonds. The molecule has 0 radical (unpaired) electrons. The second kappa shape index (κ2) is 10.5. The molecule has 21 heavy (non-hydrogen) atoms. The first kappa shape index (κ1) is 17.9. The third-order valence-corrected chi connectivity index (χ3v) is 4.03. The van der Waals surface area contributed by atoms with Gasteiger partial charge in [0, 0.05) is 6.04 Å². The van der Waals surface area contributed by atoms with Crippen molar-refractivity contribution in [1.29, 1.82) is 0 Å². The molecule has 0 bridgehead atoms. The van der Waals surface area contributed by atoms with Gasteiger partial charge in [-0.3, -0.25) is 0 Å². The molecule has 0 unspecified atom stereocenters. The van der Waals surface area contributed by atoms with E-state index in [9.17, 15) is 0 Å². The lowest BCUT2D eigenvalue weighted by Crippen LogP contribution is -2.20. The molecule has 1 N–H and O–H groups in total.